The lowest BCUT2D eigenvalue weighted by molar-refractivity contribution is 0.457. The van der Waals surface area contributed by atoms with Crippen molar-refractivity contribution in [3.63, 3.8) is 0 Å². The van der Waals surface area contributed by atoms with E-state index in [0.717, 1.165) is 28.2 Å². The minimum atomic E-state index is -0.0114. The quantitative estimate of drug-likeness (QED) is 0.360. The van der Waals surface area contributed by atoms with Crippen molar-refractivity contribution in [3.8, 4) is 11.5 Å². The van der Waals surface area contributed by atoms with Gasteiger partial charge in [0.2, 0.25) is 5.95 Å². The molecule has 4 heteroatoms. The van der Waals surface area contributed by atoms with Crippen molar-refractivity contribution in [3.05, 3.63) is 77.9 Å². The van der Waals surface area contributed by atoms with Crippen LogP contribution in [0.2, 0.25) is 0 Å². The maximum Gasteiger partial charge on any atom is 0.205 e. The van der Waals surface area contributed by atoms with Crippen molar-refractivity contribution in [1.29, 1.82) is 0 Å². The minimum Gasteiger partial charge on any atom is -0.455 e. The van der Waals surface area contributed by atoms with E-state index in [1.165, 1.54) is 11.1 Å². The number of fused-ring (bicyclic) bond motifs is 1. The number of hydrogen-bond acceptors (Lipinski definition) is 3. The number of H-pyrrole nitrogens is 1. The summed E-state index contributed by atoms with van der Waals surface area (Å²) in [5, 5.41) is 3.41. The number of aromatic nitrogens is 2. The number of nitrogens with zero attached hydrogens (tertiary/aromatic N) is 1. The molecule has 0 saturated carbocycles. The first-order chi connectivity index (χ1) is 14.6. The minimum absolute atomic E-state index is 0.0114. The van der Waals surface area contributed by atoms with Crippen molar-refractivity contribution in [2.75, 3.05) is 5.32 Å². The van der Waals surface area contributed by atoms with E-state index < -0.39 is 0 Å². The van der Waals surface area contributed by atoms with E-state index in [9.17, 15) is 0 Å². The molecule has 0 spiro atoms. The zero-order valence-corrected chi connectivity index (χ0v) is 19.2. The monoisotopic (exact) mass is 413 g/mol. The van der Waals surface area contributed by atoms with E-state index in [4.69, 9.17) is 9.72 Å². The predicted octanol–water partition coefficient (Wildman–Crippen LogP) is 7.69. The Morgan fingerprint density at radius 1 is 0.774 bits per heavy atom. The Hall–Kier alpha value is -3.27. The number of imidazole rings is 1. The Labute approximate surface area is 184 Å². The van der Waals surface area contributed by atoms with Crippen LogP contribution in [0.5, 0.6) is 11.5 Å². The molecule has 4 rings (SSSR count). The first-order valence-electron chi connectivity index (χ1n) is 10.7. The molecule has 0 radical (unpaired) electrons. The highest BCUT2D eigenvalue weighted by Crippen LogP contribution is 2.37. The molecule has 3 aromatic carbocycles. The standard InChI is InChI=1S/C27H31N3O/c1-26(2,3)18-15-16-20-22(17-18)30-25(28-20)29-21-12-8-10-14-24(21)31-23-13-9-7-11-19(23)27(4,5)6/h7-17H,1-6H3,(H2,28,29,30). The van der Waals surface area contributed by atoms with Crippen molar-refractivity contribution in [1.82, 2.24) is 9.97 Å². The number of para-hydroxylation sites is 3. The van der Waals surface area contributed by atoms with Gasteiger partial charge in [0.05, 0.1) is 16.7 Å². The fourth-order valence-electron chi connectivity index (χ4n) is 3.62. The van der Waals surface area contributed by atoms with Gasteiger partial charge in [-0.25, -0.2) is 4.98 Å². The van der Waals surface area contributed by atoms with Crippen LogP contribution in [-0.4, -0.2) is 9.97 Å². The van der Waals surface area contributed by atoms with Crippen LogP contribution in [0.3, 0.4) is 0 Å². The summed E-state index contributed by atoms with van der Waals surface area (Å²) in [7, 11) is 0. The Kier molecular flexibility index (Phi) is 5.26. The number of nitrogens with one attached hydrogen (secondary N) is 2. The van der Waals surface area contributed by atoms with Gasteiger partial charge in [0.1, 0.15) is 5.75 Å². The van der Waals surface area contributed by atoms with Gasteiger partial charge in [-0.2, -0.15) is 0 Å². The number of rotatable bonds is 4. The van der Waals surface area contributed by atoms with Gasteiger partial charge in [0.25, 0.3) is 0 Å². The van der Waals surface area contributed by atoms with Crippen LogP contribution < -0.4 is 10.1 Å². The van der Waals surface area contributed by atoms with E-state index in [1.807, 2.05) is 36.4 Å². The second kappa shape index (κ2) is 7.77. The van der Waals surface area contributed by atoms with Gasteiger partial charge in [0.15, 0.2) is 5.75 Å². The van der Waals surface area contributed by atoms with Crippen LogP contribution in [0.15, 0.2) is 66.7 Å². The second-order valence-corrected chi connectivity index (χ2v) is 10.0. The van der Waals surface area contributed by atoms with E-state index in [2.05, 4.69) is 82.2 Å². The molecule has 0 fully saturated rings. The van der Waals surface area contributed by atoms with Crippen LogP contribution in [0.4, 0.5) is 11.6 Å². The van der Waals surface area contributed by atoms with E-state index in [0.29, 0.717) is 5.95 Å². The van der Waals surface area contributed by atoms with Crippen molar-refractivity contribution >= 4 is 22.7 Å². The summed E-state index contributed by atoms with van der Waals surface area (Å²) in [6, 6.07) is 22.5. The van der Waals surface area contributed by atoms with Gasteiger partial charge < -0.3 is 15.0 Å². The summed E-state index contributed by atoms with van der Waals surface area (Å²) in [6.07, 6.45) is 0. The molecule has 0 saturated heterocycles. The number of benzene rings is 3. The molecular formula is C27H31N3O. The predicted molar refractivity (Wildman–Crippen MR) is 130 cm³/mol. The number of aromatic amines is 1. The molecule has 0 bridgehead atoms. The zero-order chi connectivity index (χ0) is 22.2. The molecule has 0 amide bonds. The van der Waals surface area contributed by atoms with Crippen molar-refractivity contribution < 1.29 is 4.74 Å². The van der Waals surface area contributed by atoms with Gasteiger partial charge >= 0.3 is 0 Å². The molecular weight excluding hydrogens is 382 g/mol. The highest BCUT2D eigenvalue weighted by Gasteiger charge is 2.20. The van der Waals surface area contributed by atoms with Gasteiger partial charge in [-0.1, -0.05) is 77.9 Å². The summed E-state index contributed by atoms with van der Waals surface area (Å²) in [5.41, 5.74) is 5.34. The third-order valence-electron chi connectivity index (χ3n) is 5.40. The smallest absolute Gasteiger partial charge is 0.205 e. The summed E-state index contributed by atoms with van der Waals surface area (Å²) in [5.74, 6) is 2.32. The third kappa shape index (κ3) is 4.58. The number of hydrogen-bond donors (Lipinski definition) is 2. The Morgan fingerprint density at radius 2 is 1.45 bits per heavy atom. The Balaban J connectivity index is 1.65. The summed E-state index contributed by atoms with van der Waals surface area (Å²) < 4.78 is 6.37. The van der Waals surface area contributed by atoms with Crippen molar-refractivity contribution in [2.45, 2.75) is 52.4 Å². The first-order valence-corrected chi connectivity index (χ1v) is 10.7. The second-order valence-electron chi connectivity index (χ2n) is 10.0. The van der Waals surface area contributed by atoms with E-state index in [1.54, 1.807) is 0 Å². The Bertz CT molecular complexity index is 1210. The largest absolute Gasteiger partial charge is 0.455 e. The molecule has 4 nitrogen and oxygen atoms in total. The molecule has 0 aliphatic carbocycles. The molecule has 1 aromatic heterocycles. The maximum absolute atomic E-state index is 6.37. The fourth-order valence-corrected chi connectivity index (χ4v) is 3.62. The molecule has 31 heavy (non-hydrogen) atoms. The molecule has 0 aliphatic heterocycles. The summed E-state index contributed by atoms with van der Waals surface area (Å²) in [4.78, 5) is 8.12. The average Bonchev–Trinajstić information content (AvgIpc) is 3.10. The van der Waals surface area contributed by atoms with Crippen molar-refractivity contribution in [2.24, 2.45) is 0 Å². The molecule has 0 aliphatic rings. The zero-order valence-electron chi connectivity index (χ0n) is 19.2. The average molecular weight is 414 g/mol. The normalized spacial score (nSPS) is 12.2. The highest BCUT2D eigenvalue weighted by molar-refractivity contribution is 5.80. The number of ether oxygens (including phenoxy) is 1. The molecule has 4 aromatic rings. The van der Waals surface area contributed by atoms with Gasteiger partial charge in [0, 0.05) is 5.56 Å². The molecule has 0 atom stereocenters. The first kappa shape index (κ1) is 21.0. The third-order valence-corrected chi connectivity index (χ3v) is 5.40. The van der Waals surface area contributed by atoms with Crippen LogP contribution in [0.25, 0.3) is 11.0 Å². The van der Waals surface area contributed by atoms with Crippen LogP contribution in [0.1, 0.15) is 52.7 Å². The van der Waals surface area contributed by atoms with E-state index >= 15 is 0 Å². The topological polar surface area (TPSA) is 49.9 Å². The lowest BCUT2D eigenvalue weighted by Gasteiger charge is -2.23. The van der Waals surface area contributed by atoms with E-state index in [-0.39, 0.29) is 10.8 Å². The highest BCUT2D eigenvalue weighted by atomic mass is 16.5. The van der Waals surface area contributed by atoms with Gasteiger partial charge in [-0.05, 0) is 46.7 Å². The summed E-state index contributed by atoms with van der Waals surface area (Å²) >= 11 is 0. The van der Waals surface area contributed by atoms with Crippen LogP contribution in [-0.2, 0) is 10.8 Å². The lowest BCUT2D eigenvalue weighted by atomic mass is 9.86. The lowest BCUT2D eigenvalue weighted by Crippen LogP contribution is -2.12. The van der Waals surface area contributed by atoms with Crippen LogP contribution in [0, 0.1) is 0 Å². The van der Waals surface area contributed by atoms with Gasteiger partial charge in [-0.15, -0.1) is 0 Å². The van der Waals surface area contributed by atoms with Crippen LogP contribution >= 0.6 is 0 Å². The Morgan fingerprint density at radius 3 is 2.16 bits per heavy atom. The maximum atomic E-state index is 6.37. The number of anilines is 2. The summed E-state index contributed by atoms with van der Waals surface area (Å²) in [6.45, 7) is 13.2. The fraction of sp³-hybridized carbons (Fsp3) is 0.296. The van der Waals surface area contributed by atoms with Gasteiger partial charge in [-0.3, -0.25) is 0 Å². The molecule has 1 heterocycles. The molecule has 160 valence electrons. The molecule has 2 N–H and O–H groups in total. The molecule has 0 unspecified atom stereocenters. The SMILES string of the molecule is CC(C)(C)c1ccc2nc(Nc3ccccc3Oc3ccccc3C(C)(C)C)[nH]c2c1.